The van der Waals surface area contributed by atoms with Crippen LogP contribution in [0, 0.1) is 0 Å². The van der Waals surface area contributed by atoms with Gasteiger partial charge in [-0.15, -0.1) is 6.58 Å². The van der Waals surface area contributed by atoms with Crippen molar-refractivity contribution in [1.82, 2.24) is 0 Å². The standard InChI is InChI=1S/C16H24OSi/c1-6-14(17)12-11-13(2)15-9-7-8-10-16(15)18(3,4)5/h6-10,14,17H,1-2,11-12H2,3-5H3. The fourth-order valence-electron chi connectivity index (χ4n) is 2.02. The number of hydrogen-bond acceptors (Lipinski definition) is 1. The molecule has 0 saturated heterocycles. The maximum atomic E-state index is 9.53. The van der Waals surface area contributed by atoms with Gasteiger partial charge in [-0.05, 0) is 24.0 Å². The highest BCUT2D eigenvalue weighted by atomic mass is 28.3. The summed E-state index contributed by atoms with van der Waals surface area (Å²) in [5.41, 5.74) is 2.39. The highest BCUT2D eigenvalue weighted by Crippen LogP contribution is 2.20. The monoisotopic (exact) mass is 260 g/mol. The van der Waals surface area contributed by atoms with Crippen LogP contribution < -0.4 is 5.19 Å². The molecule has 18 heavy (non-hydrogen) atoms. The van der Waals surface area contributed by atoms with Gasteiger partial charge in [0.2, 0.25) is 0 Å². The van der Waals surface area contributed by atoms with Gasteiger partial charge in [-0.3, -0.25) is 0 Å². The van der Waals surface area contributed by atoms with Gasteiger partial charge < -0.3 is 5.11 Å². The molecular weight excluding hydrogens is 236 g/mol. The van der Waals surface area contributed by atoms with Gasteiger partial charge in [-0.25, -0.2) is 0 Å². The lowest BCUT2D eigenvalue weighted by molar-refractivity contribution is 0.215. The normalized spacial score (nSPS) is 13.1. The maximum Gasteiger partial charge on any atom is 0.0783 e. The number of allylic oxidation sites excluding steroid dienone is 1. The maximum absolute atomic E-state index is 9.53. The Morgan fingerprint density at radius 3 is 2.50 bits per heavy atom. The van der Waals surface area contributed by atoms with Crippen LogP contribution in [-0.2, 0) is 0 Å². The zero-order valence-electron chi connectivity index (χ0n) is 11.7. The van der Waals surface area contributed by atoms with E-state index < -0.39 is 14.2 Å². The van der Waals surface area contributed by atoms with E-state index in [1.54, 1.807) is 6.08 Å². The lowest BCUT2D eigenvalue weighted by Crippen LogP contribution is -2.39. The minimum atomic E-state index is -1.35. The summed E-state index contributed by atoms with van der Waals surface area (Å²) in [7, 11) is -1.35. The first-order valence-electron chi connectivity index (χ1n) is 6.44. The van der Waals surface area contributed by atoms with Crippen LogP contribution >= 0.6 is 0 Å². The molecule has 1 aromatic carbocycles. The van der Waals surface area contributed by atoms with Gasteiger partial charge in [-0.2, -0.15) is 0 Å². The second-order valence-electron chi connectivity index (χ2n) is 5.74. The van der Waals surface area contributed by atoms with Crippen molar-refractivity contribution in [2.75, 3.05) is 0 Å². The van der Waals surface area contributed by atoms with Crippen LogP contribution in [0.2, 0.25) is 19.6 Å². The van der Waals surface area contributed by atoms with Gasteiger partial charge in [0, 0.05) is 0 Å². The van der Waals surface area contributed by atoms with Crippen molar-refractivity contribution in [3.63, 3.8) is 0 Å². The first kappa shape index (κ1) is 14.9. The van der Waals surface area contributed by atoms with Crippen LogP contribution in [0.1, 0.15) is 18.4 Å². The smallest absolute Gasteiger partial charge is 0.0783 e. The third-order valence-electron chi connectivity index (χ3n) is 3.13. The molecule has 1 rings (SSSR count). The van der Waals surface area contributed by atoms with Gasteiger partial charge in [0.25, 0.3) is 0 Å². The van der Waals surface area contributed by atoms with Gasteiger partial charge >= 0.3 is 0 Å². The Balaban J connectivity index is 2.89. The molecule has 1 atom stereocenters. The highest BCUT2D eigenvalue weighted by Gasteiger charge is 2.20. The molecule has 1 aromatic rings. The molecule has 0 aliphatic carbocycles. The van der Waals surface area contributed by atoms with E-state index in [1.807, 2.05) is 0 Å². The zero-order valence-corrected chi connectivity index (χ0v) is 12.7. The first-order valence-corrected chi connectivity index (χ1v) is 9.94. The van der Waals surface area contributed by atoms with E-state index >= 15 is 0 Å². The molecule has 0 aliphatic rings. The fourth-order valence-corrected chi connectivity index (χ4v) is 3.68. The van der Waals surface area contributed by atoms with Crippen molar-refractivity contribution in [2.24, 2.45) is 0 Å². The van der Waals surface area contributed by atoms with E-state index in [-0.39, 0.29) is 0 Å². The van der Waals surface area contributed by atoms with Gasteiger partial charge in [-0.1, -0.05) is 61.7 Å². The van der Waals surface area contributed by atoms with E-state index in [9.17, 15) is 5.11 Å². The predicted octanol–water partition coefficient (Wildman–Crippen LogP) is 3.57. The molecular formula is C16H24OSi. The van der Waals surface area contributed by atoms with Gasteiger partial charge in [0.1, 0.15) is 0 Å². The molecule has 1 N–H and O–H groups in total. The quantitative estimate of drug-likeness (QED) is 0.612. The van der Waals surface area contributed by atoms with E-state index in [1.165, 1.54) is 10.8 Å². The number of rotatable bonds is 6. The van der Waals surface area contributed by atoms with Crippen LogP contribution in [0.15, 0.2) is 43.5 Å². The summed E-state index contributed by atoms with van der Waals surface area (Å²) in [6.45, 7) is 14.8. The van der Waals surface area contributed by atoms with Crippen LogP contribution in [0.4, 0.5) is 0 Å². The largest absolute Gasteiger partial charge is 0.389 e. The molecule has 98 valence electrons. The average Bonchev–Trinajstić information content (AvgIpc) is 2.34. The minimum Gasteiger partial charge on any atom is -0.389 e. The van der Waals surface area contributed by atoms with Crippen molar-refractivity contribution in [3.05, 3.63) is 49.1 Å². The minimum absolute atomic E-state index is 0.430. The molecule has 0 spiro atoms. The lowest BCUT2D eigenvalue weighted by Gasteiger charge is -2.22. The molecule has 0 amide bonds. The van der Waals surface area contributed by atoms with E-state index in [0.29, 0.717) is 6.42 Å². The second-order valence-corrected chi connectivity index (χ2v) is 10.8. The summed E-state index contributed by atoms with van der Waals surface area (Å²) in [5, 5.41) is 11.0. The van der Waals surface area contributed by atoms with E-state index in [4.69, 9.17) is 0 Å². The van der Waals surface area contributed by atoms with Gasteiger partial charge in [0.05, 0.1) is 14.2 Å². The molecule has 0 radical (unpaired) electrons. The van der Waals surface area contributed by atoms with Crippen molar-refractivity contribution in [2.45, 2.75) is 38.6 Å². The number of benzene rings is 1. The van der Waals surface area contributed by atoms with Crippen molar-refractivity contribution < 1.29 is 5.11 Å². The number of aliphatic hydroxyl groups is 1. The Hall–Kier alpha value is -1.12. The van der Waals surface area contributed by atoms with Crippen molar-refractivity contribution >= 4 is 18.8 Å². The van der Waals surface area contributed by atoms with Gasteiger partial charge in [0.15, 0.2) is 0 Å². The Labute approximate surface area is 112 Å². The summed E-state index contributed by atoms with van der Waals surface area (Å²) in [4.78, 5) is 0. The molecule has 1 unspecified atom stereocenters. The Morgan fingerprint density at radius 2 is 1.94 bits per heavy atom. The molecule has 0 heterocycles. The summed E-state index contributed by atoms with van der Waals surface area (Å²) in [5.74, 6) is 0. The van der Waals surface area contributed by atoms with Crippen LogP contribution in [0.3, 0.4) is 0 Å². The highest BCUT2D eigenvalue weighted by molar-refractivity contribution is 6.89. The Morgan fingerprint density at radius 1 is 1.33 bits per heavy atom. The number of aliphatic hydroxyl groups excluding tert-OH is 1. The second kappa shape index (κ2) is 6.16. The Bertz CT molecular complexity index is 429. The Kier molecular flexibility index (Phi) is 5.11. The van der Waals surface area contributed by atoms with Crippen LogP contribution in [-0.4, -0.2) is 19.3 Å². The molecule has 0 aromatic heterocycles. The van der Waals surface area contributed by atoms with Crippen LogP contribution in [0.25, 0.3) is 5.57 Å². The molecule has 1 nitrogen and oxygen atoms in total. The molecule has 0 aliphatic heterocycles. The van der Waals surface area contributed by atoms with E-state index in [0.717, 1.165) is 12.0 Å². The SMILES string of the molecule is C=CC(O)CCC(=C)c1ccccc1[Si](C)(C)C. The van der Waals surface area contributed by atoms with Crippen LogP contribution in [0.5, 0.6) is 0 Å². The van der Waals surface area contributed by atoms with Crippen molar-refractivity contribution in [1.29, 1.82) is 0 Å². The summed E-state index contributed by atoms with van der Waals surface area (Å²) in [6, 6.07) is 8.53. The predicted molar refractivity (Wildman–Crippen MR) is 83.9 cm³/mol. The number of hydrogen-bond donors (Lipinski definition) is 1. The first-order chi connectivity index (χ1) is 8.36. The summed E-state index contributed by atoms with van der Waals surface area (Å²) in [6.07, 6.45) is 2.66. The molecule has 0 fully saturated rings. The molecule has 0 bridgehead atoms. The summed E-state index contributed by atoms with van der Waals surface area (Å²) < 4.78 is 0. The third-order valence-corrected chi connectivity index (χ3v) is 5.18. The topological polar surface area (TPSA) is 20.2 Å². The fraction of sp³-hybridized carbons (Fsp3) is 0.375. The molecule has 0 saturated carbocycles. The molecule has 2 heteroatoms. The third kappa shape index (κ3) is 3.97. The lowest BCUT2D eigenvalue weighted by atomic mass is 10.0. The van der Waals surface area contributed by atoms with Crippen molar-refractivity contribution in [3.8, 4) is 0 Å². The van der Waals surface area contributed by atoms with E-state index in [2.05, 4.69) is 57.1 Å². The zero-order chi connectivity index (χ0) is 13.8. The average molecular weight is 260 g/mol. The summed E-state index contributed by atoms with van der Waals surface area (Å²) >= 11 is 0.